The van der Waals surface area contributed by atoms with Crippen molar-refractivity contribution >= 4 is 0 Å². The lowest BCUT2D eigenvalue weighted by molar-refractivity contribution is 0.0461. The Kier molecular flexibility index (Phi) is 7.26. The van der Waals surface area contributed by atoms with E-state index in [0.717, 1.165) is 17.8 Å². The van der Waals surface area contributed by atoms with E-state index in [1.807, 2.05) is 0 Å². The van der Waals surface area contributed by atoms with E-state index in [0.29, 0.717) is 11.3 Å². The molecule has 140 valence electrons. The summed E-state index contributed by atoms with van der Waals surface area (Å²) in [6.07, 6.45) is 32.3. The third-order valence-corrected chi connectivity index (χ3v) is 7.39. The molecular formula is C25H40. The Morgan fingerprint density at radius 3 is 2.44 bits per heavy atom. The predicted molar refractivity (Wildman–Crippen MR) is 109 cm³/mol. The molecule has 0 aromatic heterocycles. The maximum Gasteiger partial charge on any atom is -0.00193 e. The molecule has 5 unspecified atom stereocenters. The van der Waals surface area contributed by atoms with Crippen molar-refractivity contribution in [1.29, 1.82) is 0 Å². The van der Waals surface area contributed by atoms with Crippen molar-refractivity contribution in [3.63, 3.8) is 0 Å². The monoisotopic (exact) mass is 340 g/mol. The topological polar surface area (TPSA) is 0 Å². The second kappa shape index (κ2) is 9.43. The molecular weight excluding hydrogens is 300 g/mol. The van der Waals surface area contributed by atoms with Crippen LogP contribution in [0, 0.1) is 35.5 Å². The van der Waals surface area contributed by atoms with Gasteiger partial charge in [0.05, 0.1) is 0 Å². The normalized spacial score (nSPS) is 36.4. The Morgan fingerprint density at radius 2 is 1.64 bits per heavy atom. The van der Waals surface area contributed by atoms with Gasteiger partial charge in [-0.15, -0.1) is 0 Å². The molecule has 0 aromatic rings. The van der Waals surface area contributed by atoms with Crippen molar-refractivity contribution in [1.82, 2.24) is 0 Å². The summed E-state index contributed by atoms with van der Waals surface area (Å²) < 4.78 is 0. The average Bonchev–Trinajstić information content (AvgIpc) is 2.98. The minimum absolute atomic E-state index is 0.437. The second-order valence-corrected chi connectivity index (χ2v) is 8.95. The summed E-state index contributed by atoms with van der Waals surface area (Å²) in [5.74, 6) is 3.16. The standard InChI is InChI=1S/C25H40/c1-3-5-7-9-15-22-16-13-18-24-23-17-11-10-14-21(23)20-25(22,24)19-12-8-6-4-2/h10-11,14,17,21-24H,3-9,12-13,15-16,18-19H2,1-2H3. The van der Waals surface area contributed by atoms with E-state index in [1.54, 1.807) is 0 Å². The smallest absolute Gasteiger partial charge is 0.00193 e. The first-order valence-electron chi connectivity index (χ1n) is 11.4. The van der Waals surface area contributed by atoms with Gasteiger partial charge in [-0.2, -0.15) is 0 Å². The second-order valence-electron chi connectivity index (χ2n) is 8.95. The third-order valence-electron chi connectivity index (χ3n) is 7.39. The van der Waals surface area contributed by atoms with Crippen LogP contribution in [-0.2, 0) is 0 Å². The largest absolute Gasteiger partial charge is 0.0805 e. The SMILES string of the molecule is CCCCCCC1CCCC2C3C=CC=CC3[C]C12CCCCCC. The van der Waals surface area contributed by atoms with Gasteiger partial charge < -0.3 is 0 Å². The highest BCUT2D eigenvalue weighted by Crippen LogP contribution is 2.63. The molecule has 0 nitrogen and oxygen atoms in total. The van der Waals surface area contributed by atoms with Crippen LogP contribution in [0.2, 0.25) is 0 Å². The van der Waals surface area contributed by atoms with Gasteiger partial charge in [0.2, 0.25) is 0 Å². The Morgan fingerprint density at radius 1 is 0.880 bits per heavy atom. The van der Waals surface area contributed by atoms with E-state index in [4.69, 9.17) is 0 Å². The highest BCUT2D eigenvalue weighted by atomic mass is 14.6. The van der Waals surface area contributed by atoms with Crippen LogP contribution in [0.3, 0.4) is 0 Å². The first kappa shape index (κ1) is 19.2. The molecule has 0 spiro atoms. The molecule has 2 fully saturated rings. The fourth-order valence-electron chi connectivity index (χ4n) is 6.15. The summed E-state index contributed by atoms with van der Waals surface area (Å²) in [4.78, 5) is 0. The molecule has 5 atom stereocenters. The van der Waals surface area contributed by atoms with E-state index in [9.17, 15) is 0 Å². The molecule has 0 saturated heterocycles. The Labute approximate surface area is 157 Å². The summed E-state index contributed by atoms with van der Waals surface area (Å²) in [7, 11) is 0. The lowest BCUT2D eigenvalue weighted by Crippen LogP contribution is -2.40. The number of fused-ring (bicyclic) bond motifs is 3. The highest BCUT2D eigenvalue weighted by molar-refractivity contribution is 5.27. The van der Waals surface area contributed by atoms with Crippen molar-refractivity contribution in [3.8, 4) is 0 Å². The van der Waals surface area contributed by atoms with Crippen LogP contribution in [0.5, 0.6) is 0 Å². The summed E-state index contributed by atoms with van der Waals surface area (Å²) >= 11 is 0. The molecule has 0 aromatic carbocycles. The molecule has 2 saturated carbocycles. The minimum atomic E-state index is 0.437. The summed E-state index contributed by atoms with van der Waals surface area (Å²) in [6.45, 7) is 4.66. The van der Waals surface area contributed by atoms with Crippen LogP contribution in [0.15, 0.2) is 24.3 Å². The number of hydrogen-bond donors (Lipinski definition) is 0. The molecule has 0 N–H and O–H groups in total. The van der Waals surface area contributed by atoms with Crippen LogP contribution in [0.25, 0.3) is 0 Å². The zero-order valence-electron chi connectivity index (χ0n) is 16.8. The van der Waals surface area contributed by atoms with E-state index in [1.165, 1.54) is 83.5 Å². The van der Waals surface area contributed by atoms with Gasteiger partial charge >= 0.3 is 0 Å². The summed E-state index contributed by atoms with van der Waals surface area (Å²) in [5.41, 5.74) is 0.437. The molecule has 0 bridgehead atoms. The van der Waals surface area contributed by atoms with Gasteiger partial charge in [0, 0.05) is 0 Å². The predicted octanol–water partition coefficient (Wildman–Crippen LogP) is 7.78. The molecule has 2 radical (unpaired) electrons. The van der Waals surface area contributed by atoms with E-state index < -0.39 is 0 Å². The molecule has 0 amide bonds. The lowest BCUT2D eigenvalue weighted by atomic mass is 9.57. The summed E-state index contributed by atoms with van der Waals surface area (Å²) in [5, 5.41) is 0. The van der Waals surface area contributed by atoms with E-state index in [2.05, 4.69) is 44.6 Å². The van der Waals surface area contributed by atoms with Gasteiger partial charge in [-0.3, -0.25) is 0 Å². The molecule has 3 aliphatic carbocycles. The zero-order chi connectivity index (χ0) is 17.5. The van der Waals surface area contributed by atoms with Crippen LogP contribution >= 0.6 is 0 Å². The van der Waals surface area contributed by atoms with Gasteiger partial charge in [0.1, 0.15) is 0 Å². The third kappa shape index (κ3) is 4.25. The quantitative estimate of drug-likeness (QED) is 0.356. The maximum absolute atomic E-state index is 4.24. The molecule has 0 heteroatoms. The van der Waals surface area contributed by atoms with Gasteiger partial charge in [0.25, 0.3) is 0 Å². The van der Waals surface area contributed by atoms with E-state index in [-0.39, 0.29) is 0 Å². The Hall–Kier alpha value is -0.520. The van der Waals surface area contributed by atoms with Gasteiger partial charge in [0.15, 0.2) is 0 Å². The number of allylic oxidation sites excluding steroid dienone is 4. The Bertz CT molecular complexity index is 445. The van der Waals surface area contributed by atoms with Crippen molar-refractivity contribution in [2.75, 3.05) is 0 Å². The van der Waals surface area contributed by atoms with Crippen LogP contribution in [0.4, 0.5) is 0 Å². The lowest BCUT2D eigenvalue weighted by Gasteiger charge is -2.47. The number of unbranched alkanes of at least 4 members (excludes halogenated alkanes) is 6. The fourth-order valence-corrected chi connectivity index (χ4v) is 6.15. The van der Waals surface area contributed by atoms with Gasteiger partial charge in [-0.1, -0.05) is 95.9 Å². The average molecular weight is 341 g/mol. The fraction of sp³-hybridized carbons (Fsp3) is 0.800. The first-order chi connectivity index (χ1) is 12.3. The summed E-state index contributed by atoms with van der Waals surface area (Å²) in [6, 6.07) is 0. The van der Waals surface area contributed by atoms with E-state index >= 15 is 0 Å². The zero-order valence-corrected chi connectivity index (χ0v) is 16.8. The van der Waals surface area contributed by atoms with Crippen molar-refractivity contribution in [2.24, 2.45) is 29.1 Å². The Balaban J connectivity index is 1.72. The van der Waals surface area contributed by atoms with Crippen LogP contribution < -0.4 is 0 Å². The van der Waals surface area contributed by atoms with Crippen molar-refractivity contribution in [3.05, 3.63) is 30.7 Å². The van der Waals surface area contributed by atoms with Gasteiger partial charge in [-0.05, 0) is 61.2 Å². The molecule has 25 heavy (non-hydrogen) atoms. The molecule has 3 aliphatic rings. The molecule has 3 rings (SSSR count). The minimum Gasteiger partial charge on any atom is -0.0805 e. The number of rotatable bonds is 10. The maximum atomic E-state index is 4.24. The van der Waals surface area contributed by atoms with Crippen LogP contribution in [0.1, 0.15) is 97.3 Å². The first-order valence-corrected chi connectivity index (χ1v) is 11.4. The van der Waals surface area contributed by atoms with Crippen molar-refractivity contribution < 1.29 is 0 Å². The van der Waals surface area contributed by atoms with Crippen LogP contribution in [-0.4, -0.2) is 0 Å². The number of hydrogen-bond acceptors (Lipinski definition) is 0. The highest BCUT2D eigenvalue weighted by Gasteiger charge is 2.56. The van der Waals surface area contributed by atoms with Gasteiger partial charge in [-0.25, -0.2) is 0 Å². The van der Waals surface area contributed by atoms with Crippen molar-refractivity contribution in [2.45, 2.75) is 97.3 Å². The molecule has 0 heterocycles. The molecule has 0 aliphatic heterocycles.